The average Bonchev–Trinajstić information content (AvgIpc) is 2.75. The predicted octanol–water partition coefficient (Wildman–Crippen LogP) is 2.77. The van der Waals surface area contributed by atoms with Crippen LogP contribution >= 0.6 is 11.6 Å². The van der Waals surface area contributed by atoms with Crippen LogP contribution in [0.3, 0.4) is 0 Å². The quantitative estimate of drug-likeness (QED) is 0.723. The van der Waals surface area contributed by atoms with Gasteiger partial charge in [-0.3, -0.25) is 4.68 Å². The van der Waals surface area contributed by atoms with Gasteiger partial charge in [0.05, 0.1) is 5.38 Å². The van der Waals surface area contributed by atoms with Crippen molar-refractivity contribution < 1.29 is 0 Å². The fourth-order valence-electron chi connectivity index (χ4n) is 2.04. The number of hydrogen-bond donors (Lipinski definition) is 0. The fraction of sp³-hybridized carbons (Fsp3) is 0.800. The number of nitrogens with zero attached hydrogens (tertiary/aromatic N) is 3. The van der Waals surface area contributed by atoms with E-state index in [1.165, 1.54) is 25.7 Å². The van der Waals surface area contributed by atoms with Crippen LogP contribution in [0.2, 0.25) is 0 Å². The van der Waals surface area contributed by atoms with Gasteiger partial charge in [-0.05, 0) is 25.7 Å². The maximum Gasteiger partial charge on any atom is 0.100 e. The summed E-state index contributed by atoms with van der Waals surface area (Å²) in [7, 11) is 0. The van der Waals surface area contributed by atoms with Crippen molar-refractivity contribution in [1.82, 2.24) is 15.0 Å². The van der Waals surface area contributed by atoms with E-state index in [9.17, 15) is 0 Å². The zero-order valence-electron chi connectivity index (χ0n) is 8.49. The molecule has 1 aliphatic rings. The van der Waals surface area contributed by atoms with Gasteiger partial charge >= 0.3 is 0 Å². The van der Waals surface area contributed by atoms with Crippen molar-refractivity contribution in [1.29, 1.82) is 0 Å². The lowest BCUT2D eigenvalue weighted by molar-refractivity contribution is 0.421. The van der Waals surface area contributed by atoms with Crippen LogP contribution in [-0.2, 0) is 6.54 Å². The second kappa shape index (κ2) is 4.30. The molecule has 0 saturated heterocycles. The van der Waals surface area contributed by atoms with Gasteiger partial charge in [0.15, 0.2) is 0 Å². The lowest BCUT2D eigenvalue weighted by Gasteiger charge is -2.06. The smallest absolute Gasteiger partial charge is 0.100 e. The zero-order chi connectivity index (χ0) is 9.97. The van der Waals surface area contributed by atoms with E-state index in [1.54, 1.807) is 0 Å². The van der Waals surface area contributed by atoms with Crippen LogP contribution in [0.25, 0.3) is 0 Å². The van der Waals surface area contributed by atoms with Crippen LogP contribution in [-0.4, -0.2) is 15.0 Å². The molecule has 1 aromatic heterocycles. The van der Waals surface area contributed by atoms with Gasteiger partial charge in [-0.25, -0.2) is 0 Å². The van der Waals surface area contributed by atoms with E-state index in [1.807, 2.05) is 17.8 Å². The molecule has 1 atom stereocenters. The number of halogens is 1. The van der Waals surface area contributed by atoms with Crippen molar-refractivity contribution in [3.63, 3.8) is 0 Å². The summed E-state index contributed by atoms with van der Waals surface area (Å²) in [5.41, 5.74) is 0.879. The maximum atomic E-state index is 5.92. The molecule has 0 aromatic carbocycles. The van der Waals surface area contributed by atoms with Crippen LogP contribution in [0.4, 0.5) is 0 Å². The summed E-state index contributed by atoms with van der Waals surface area (Å²) in [6.07, 6.45) is 7.39. The van der Waals surface area contributed by atoms with Crippen LogP contribution < -0.4 is 0 Å². The topological polar surface area (TPSA) is 30.7 Å². The Balaban J connectivity index is 1.95. The lowest BCUT2D eigenvalue weighted by atomic mass is 10.1. The van der Waals surface area contributed by atoms with E-state index in [4.69, 9.17) is 11.6 Å². The Labute approximate surface area is 89.4 Å². The summed E-state index contributed by atoms with van der Waals surface area (Å²) in [5.74, 6) is 0.801. The molecular weight excluding hydrogens is 198 g/mol. The van der Waals surface area contributed by atoms with Gasteiger partial charge in [-0.2, -0.15) is 0 Å². The maximum absolute atomic E-state index is 5.92. The molecule has 3 nitrogen and oxygen atoms in total. The first-order chi connectivity index (χ1) is 6.75. The predicted molar refractivity (Wildman–Crippen MR) is 56.2 cm³/mol. The molecule has 78 valence electrons. The Morgan fingerprint density at radius 2 is 2.29 bits per heavy atom. The standard InChI is InChI=1S/C10H16ClN3/c1-8(11)10-7-14(13-12-10)6-9-4-2-3-5-9/h7-9H,2-6H2,1H3. The second-order valence-electron chi connectivity index (χ2n) is 4.13. The van der Waals surface area contributed by atoms with Crippen LogP contribution in [0.5, 0.6) is 0 Å². The highest BCUT2D eigenvalue weighted by molar-refractivity contribution is 6.20. The molecule has 1 aromatic rings. The van der Waals surface area contributed by atoms with Gasteiger partial charge in [0, 0.05) is 12.7 Å². The minimum absolute atomic E-state index is 0.0349. The number of rotatable bonds is 3. The molecule has 0 bridgehead atoms. The molecule has 0 N–H and O–H groups in total. The summed E-state index contributed by atoms with van der Waals surface area (Å²) in [6.45, 7) is 2.93. The molecule has 0 radical (unpaired) electrons. The second-order valence-corrected chi connectivity index (χ2v) is 4.79. The SMILES string of the molecule is CC(Cl)c1cn(CC2CCCC2)nn1. The molecule has 0 aliphatic heterocycles. The van der Waals surface area contributed by atoms with Crippen molar-refractivity contribution in [2.45, 2.75) is 44.5 Å². The molecule has 1 fully saturated rings. The highest BCUT2D eigenvalue weighted by atomic mass is 35.5. The van der Waals surface area contributed by atoms with E-state index in [0.717, 1.165) is 18.2 Å². The molecule has 1 aliphatic carbocycles. The van der Waals surface area contributed by atoms with E-state index in [-0.39, 0.29) is 5.38 Å². The number of aromatic nitrogens is 3. The molecular formula is C10H16ClN3. The van der Waals surface area contributed by atoms with Gasteiger partial charge in [0.1, 0.15) is 5.69 Å². The monoisotopic (exact) mass is 213 g/mol. The summed E-state index contributed by atoms with van der Waals surface area (Å²) in [6, 6.07) is 0. The minimum Gasteiger partial charge on any atom is -0.252 e. The third-order valence-electron chi connectivity index (χ3n) is 2.88. The van der Waals surface area contributed by atoms with Gasteiger partial charge in [-0.1, -0.05) is 18.1 Å². The molecule has 4 heteroatoms. The number of hydrogen-bond acceptors (Lipinski definition) is 2. The fourth-order valence-corrected chi connectivity index (χ4v) is 2.14. The molecule has 0 spiro atoms. The lowest BCUT2D eigenvalue weighted by Crippen LogP contribution is -2.07. The Morgan fingerprint density at radius 1 is 1.57 bits per heavy atom. The number of alkyl halides is 1. The largest absolute Gasteiger partial charge is 0.252 e. The van der Waals surface area contributed by atoms with Gasteiger partial charge in [0.25, 0.3) is 0 Å². The minimum atomic E-state index is -0.0349. The van der Waals surface area contributed by atoms with Crippen LogP contribution in [0, 0.1) is 5.92 Å². The molecule has 1 unspecified atom stereocenters. The Kier molecular flexibility index (Phi) is 3.06. The van der Waals surface area contributed by atoms with E-state index in [2.05, 4.69) is 10.3 Å². The Hall–Kier alpha value is -0.570. The highest BCUT2D eigenvalue weighted by Crippen LogP contribution is 2.26. The third-order valence-corrected chi connectivity index (χ3v) is 3.11. The van der Waals surface area contributed by atoms with Gasteiger partial charge in [0.2, 0.25) is 0 Å². The summed E-state index contributed by atoms with van der Waals surface area (Å²) in [5, 5.41) is 8.09. The molecule has 2 rings (SSSR count). The summed E-state index contributed by atoms with van der Waals surface area (Å²) >= 11 is 5.92. The molecule has 1 saturated carbocycles. The van der Waals surface area contributed by atoms with E-state index in [0.29, 0.717) is 0 Å². The van der Waals surface area contributed by atoms with Crippen LogP contribution in [0.1, 0.15) is 43.7 Å². The first-order valence-electron chi connectivity index (χ1n) is 5.30. The Bertz CT molecular complexity index is 289. The first-order valence-corrected chi connectivity index (χ1v) is 5.73. The third kappa shape index (κ3) is 2.27. The molecule has 0 amide bonds. The van der Waals surface area contributed by atoms with Crippen molar-refractivity contribution in [3.8, 4) is 0 Å². The van der Waals surface area contributed by atoms with Gasteiger partial charge < -0.3 is 0 Å². The summed E-state index contributed by atoms with van der Waals surface area (Å²) in [4.78, 5) is 0. The molecule has 1 heterocycles. The van der Waals surface area contributed by atoms with Crippen molar-refractivity contribution in [2.24, 2.45) is 5.92 Å². The highest BCUT2D eigenvalue weighted by Gasteiger charge is 2.16. The van der Waals surface area contributed by atoms with Crippen molar-refractivity contribution in [3.05, 3.63) is 11.9 Å². The van der Waals surface area contributed by atoms with Crippen molar-refractivity contribution >= 4 is 11.6 Å². The summed E-state index contributed by atoms with van der Waals surface area (Å²) < 4.78 is 1.93. The van der Waals surface area contributed by atoms with Crippen LogP contribution in [0.15, 0.2) is 6.20 Å². The van der Waals surface area contributed by atoms with E-state index < -0.39 is 0 Å². The normalized spacial score (nSPS) is 20.1. The van der Waals surface area contributed by atoms with Crippen molar-refractivity contribution in [2.75, 3.05) is 0 Å². The Morgan fingerprint density at radius 3 is 2.86 bits per heavy atom. The average molecular weight is 214 g/mol. The zero-order valence-corrected chi connectivity index (χ0v) is 9.24. The van der Waals surface area contributed by atoms with Gasteiger partial charge in [-0.15, -0.1) is 16.7 Å². The molecule has 14 heavy (non-hydrogen) atoms. The first kappa shape index (κ1) is 9.97. The van der Waals surface area contributed by atoms with E-state index >= 15 is 0 Å².